The van der Waals surface area contributed by atoms with Crippen molar-refractivity contribution in [2.24, 2.45) is 0 Å². The van der Waals surface area contributed by atoms with Gasteiger partial charge in [0.15, 0.2) is 0 Å². The van der Waals surface area contributed by atoms with Crippen molar-refractivity contribution in [2.45, 2.75) is 19.9 Å². The largest absolute Gasteiger partial charge is 0.377 e. The molecule has 0 aliphatic heterocycles. The Bertz CT molecular complexity index is 817. The van der Waals surface area contributed by atoms with Gasteiger partial charge in [-0.05, 0) is 54.0 Å². The van der Waals surface area contributed by atoms with Crippen molar-refractivity contribution in [3.63, 3.8) is 0 Å². The number of rotatable bonds is 3. The van der Waals surface area contributed by atoms with Gasteiger partial charge >= 0.3 is 5.69 Å². The molecule has 1 atom stereocenters. The van der Waals surface area contributed by atoms with Gasteiger partial charge in [0, 0.05) is 14.2 Å². The molecular formula is C14H14BrN3OS. The standard InChI is InChI=1S/C14H14BrN3OS/c1-7-3-4-13(20-7)8(2)16-10-6-12-11(5-9(10)15)17-14(19)18-12/h3-6,8,16H,1-2H3,(H2,17,18,19). The molecule has 0 fully saturated rings. The normalized spacial score (nSPS) is 12.8. The highest BCUT2D eigenvalue weighted by Gasteiger charge is 2.11. The van der Waals surface area contributed by atoms with Crippen LogP contribution in [0.5, 0.6) is 0 Å². The van der Waals surface area contributed by atoms with E-state index in [1.165, 1.54) is 9.75 Å². The van der Waals surface area contributed by atoms with Gasteiger partial charge in [0.1, 0.15) is 0 Å². The van der Waals surface area contributed by atoms with Crippen molar-refractivity contribution in [2.75, 3.05) is 5.32 Å². The van der Waals surface area contributed by atoms with Gasteiger partial charge in [0.25, 0.3) is 0 Å². The zero-order valence-corrected chi connectivity index (χ0v) is 13.5. The van der Waals surface area contributed by atoms with Gasteiger partial charge in [0.2, 0.25) is 0 Å². The third-order valence-corrected chi connectivity index (χ3v) is 5.00. The number of hydrogen-bond donors (Lipinski definition) is 3. The molecule has 4 nitrogen and oxygen atoms in total. The third-order valence-electron chi connectivity index (χ3n) is 3.16. The lowest BCUT2D eigenvalue weighted by atomic mass is 10.2. The molecule has 3 aromatic rings. The first-order chi connectivity index (χ1) is 9.52. The van der Waals surface area contributed by atoms with Gasteiger partial charge < -0.3 is 15.3 Å². The van der Waals surface area contributed by atoms with E-state index in [9.17, 15) is 4.79 Å². The molecule has 2 aromatic heterocycles. The van der Waals surface area contributed by atoms with Crippen molar-refractivity contribution in [1.29, 1.82) is 0 Å². The van der Waals surface area contributed by atoms with Gasteiger partial charge in [-0.1, -0.05) is 0 Å². The van der Waals surface area contributed by atoms with Crippen LogP contribution in [0.2, 0.25) is 0 Å². The number of benzene rings is 1. The van der Waals surface area contributed by atoms with E-state index in [4.69, 9.17) is 0 Å². The van der Waals surface area contributed by atoms with Crippen LogP contribution in [0.3, 0.4) is 0 Å². The summed E-state index contributed by atoms with van der Waals surface area (Å²) in [4.78, 5) is 19.4. The predicted octanol–water partition coefficient (Wildman–Crippen LogP) is 4.16. The zero-order valence-electron chi connectivity index (χ0n) is 11.1. The number of H-pyrrole nitrogens is 2. The highest BCUT2D eigenvalue weighted by Crippen LogP contribution is 2.31. The second-order valence-electron chi connectivity index (χ2n) is 4.77. The van der Waals surface area contributed by atoms with E-state index in [0.29, 0.717) is 0 Å². The lowest BCUT2D eigenvalue weighted by molar-refractivity contribution is 0.907. The molecule has 1 unspecified atom stereocenters. The first-order valence-electron chi connectivity index (χ1n) is 6.27. The van der Waals surface area contributed by atoms with Gasteiger partial charge in [0.05, 0.1) is 22.8 Å². The van der Waals surface area contributed by atoms with Crippen molar-refractivity contribution in [1.82, 2.24) is 9.97 Å². The van der Waals surface area contributed by atoms with Crippen LogP contribution in [-0.2, 0) is 0 Å². The predicted molar refractivity (Wildman–Crippen MR) is 87.7 cm³/mol. The molecule has 0 bridgehead atoms. The number of halogens is 1. The van der Waals surface area contributed by atoms with Crippen LogP contribution in [0.25, 0.3) is 11.0 Å². The fourth-order valence-corrected chi connectivity index (χ4v) is 3.49. The maximum Gasteiger partial charge on any atom is 0.323 e. The van der Waals surface area contributed by atoms with Crippen LogP contribution < -0.4 is 11.0 Å². The summed E-state index contributed by atoms with van der Waals surface area (Å²) in [6.07, 6.45) is 0. The Morgan fingerprint density at radius 3 is 2.60 bits per heavy atom. The monoisotopic (exact) mass is 351 g/mol. The SMILES string of the molecule is Cc1ccc(C(C)Nc2cc3[nH]c(=O)[nH]c3cc2Br)s1. The van der Waals surface area contributed by atoms with Crippen LogP contribution in [0.1, 0.15) is 22.7 Å². The first kappa shape index (κ1) is 13.5. The summed E-state index contributed by atoms with van der Waals surface area (Å²) in [6, 6.07) is 8.33. The number of aromatic nitrogens is 2. The Balaban J connectivity index is 1.93. The van der Waals surface area contributed by atoms with E-state index in [-0.39, 0.29) is 11.7 Å². The van der Waals surface area contributed by atoms with Gasteiger partial charge in [-0.25, -0.2) is 4.79 Å². The van der Waals surface area contributed by atoms with Crippen LogP contribution in [0.15, 0.2) is 33.5 Å². The Morgan fingerprint density at radius 2 is 1.95 bits per heavy atom. The second-order valence-corrected chi connectivity index (χ2v) is 6.95. The molecule has 0 aliphatic rings. The van der Waals surface area contributed by atoms with Gasteiger partial charge in [-0.2, -0.15) is 0 Å². The molecule has 3 rings (SSSR count). The highest BCUT2D eigenvalue weighted by molar-refractivity contribution is 9.10. The quantitative estimate of drug-likeness (QED) is 0.663. The maximum absolute atomic E-state index is 11.3. The number of anilines is 1. The van der Waals surface area contributed by atoms with Crippen LogP contribution in [-0.4, -0.2) is 9.97 Å². The first-order valence-corrected chi connectivity index (χ1v) is 7.88. The average molecular weight is 352 g/mol. The molecule has 3 N–H and O–H groups in total. The van der Waals surface area contributed by atoms with Gasteiger partial charge in [-0.15, -0.1) is 11.3 Å². The second kappa shape index (κ2) is 5.10. The molecule has 0 spiro atoms. The van der Waals surface area contributed by atoms with E-state index in [1.54, 1.807) is 11.3 Å². The molecule has 20 heavy (non-hydrogen) atoms. The maximum atomic E-state index is 11.3. The Kier molecular flexibility index (Phi) is 3.43. The van der Waals surface area contributed by atoms with E-state index in [0.717, 1.165) is 21.2 Å². The van der Waals surface area contributed by atoms with Crippen LogP contribution in [0, 0.1) is 6.92 Å². The smallest absolute Gasteiger partial charge is 0.323 e. The molecule has 1 aromatic carbocycles. The number of imidazole rings is 1. The molecule has 104 valence electrons. The molecule has 0 aliphatic carbocycles. The number of hydrogen-bond acceptors (Lipinski definition) is 3. The minimum atomic E-state index is -0.189. The summed E-state index contributed by atoms with van der Waals surface area (Å²) in [5.41, 5.74) is 2.37. The summed E-state index contributed by atoms with van der Waals surface area (Å²) in [6.45, 7) is 4.23. The van der Waals surface area contributed by atoms with E-state index in [1.807, 2.05) is 12.1 Å². The summed E-state index contributed by atoms with van der Waals surface area (Å²) < 4.78 is 0.931. The lowest BCUT2D eigenvalue weighted by Crippen LogP contribution is -2.05. The molecule has 0 amide bonds. The third kappa shape index (κ3) is 2.53. The molecule has 0 saturated carbocycles. The van der Waals surface area contributed by atoms with Gasteiger partial charge in [-0.3, -0.25) is 0 Å². The Labute approximate surface area is 128 Å². The van der Waals surface area contributed by atoms with E-state index in [2.05, 4.69) is 57.2 Å². The minimum Gasteiger partial charge on any atom is -0.377 e. The molecule has 0 saturated heterocycles. The van der Waals surface area contributed by atoms with Crippen LogP contribution >= 0.6 is 27.3 Å². The number of fused-ring (bicyclic) bond motifs is 1. The topological polar surface area (TPSA) is 60.7 Å². The van der Waals surface area contributed by atoms with Crippen molar-refractivity contribution >= 4 is 44.0 Å². The number of aromatic amines is 2. The Morgan fingerprint density at radius 1 is 1.25 bits per heavy atom. The molecule has 0 radical (unpaired) electrons. The summed E-state index contributed by atoms with van der Waals surface area (Å²) in [7, 11) is 0. The molecule has 6 heteroatoms. The fourth-order valence-electron chi connectivity index (χ4n) is 2.16. The lowest BCUT2D eigenvalue weighted by Gasteiger charge is -2.15. The van der Waals surface area contributed by atoms with Crippen molar-refractivity contribution in [3.05, 3.63) is 49.0 Å². The summed E-state index contributed by atoms with van der Waals surface area (Å²) in [5, 5.41) is 3.47. The highest BCUT2D eigenvalue weighted by atomic mass is 79.9. The average Bonchev–Trinajstić information content (AvgIpc) is 2.95. The van der Waals surface area contributed by atoms with Crippen molar-refractivity contribution in [3.8, 4) is 0 Å². The van der Waals surface area contributed by atoms with E-state index < -0.39 is 0 Å². The zero-order chi connectivity index (χ0) is 14.3. The fraction of sp³-hybridized carbons (Fsp3) is 0.214. The van der Waals surface area contributed by atoms with E-state index >= 15 is 0 Å². The number of aryl methyl sites for hydroxylation is 1. The number of thiophene rings is 1. The molecule has 2 heterocycles. The molecular weight excluding hydrogens is 338 g/mol. The minimum absolute atomic E-state index is 0.189. The number of nitrogens with one attached hydrogen (secondary N) is 3. The summed E-state index contributed by atoms with van der Waals surface area (Å²) in [5.74, 6) is 0. The Hall–Kier alpha value is -1.53. The summed E-state index contributed by atoms with van der Waals surface area (Å²) >= 11 is 5.32. The van der Waals surface area contributed by atoms with Crippen LogP contribution in [0.4, 0.5) is 5.69 Å². The van der Waals surface area contributed by atoms with Crippen molar-refractivity contribution < 1.29 is 0 Å².